The van der Waals surface area contributed by atoms with Crippen molar-refractivity contribution in [2.24, 2.45) is 0 Å². The van der Waals surface area contributed by atoms with Gasteiger partial charge in [0.25, 0.3) is 11.6 Å². The van der Waals surface area contributed by atoms with Gasteiger partial charge in [-0.25, -0.2) is 0 Å². The number of nitro groups is 1. The Morgan fingerprint density at radius 3 is 2.69 bits per heavy atom. The van der Waals surface area contributed by atoms with E-state index in [2.05, 4.69) is 22.4 Å². The first-order chi connectivity index (χ1) is 15.4. The van der Waals surface area contributed by atoms with Crippen LogP contribution in [-0.4, -0.2) is 33.5 Å². The summed E-state index contributed by atoms with van der Waals surface area (Å²) in [6.45, 7) is 4.19. The minimum atomic E-state index is -0.520. The van der Waals surface area contributed by atoms with Gasteiger partial charge in [0, 0.05) is 41.8 Å². The largest absolute Gasteiger partial charge is 0.312 e. The van der Waals surface area contributed by atoms with E-state index in [0.717, 1.165) is 12.1 Å². The second-order valence-electron chi connectivity index (χ2n) is 7.58. The number of hydrogen-bond donors (Lipinski definition) is 1. The average Bonchev–Trinajstić information content (AvgIpc) is 3.40. The lowest BCUT2D eigenvalue weighted by molar-refractivity contribution is -0.385. The number of hydrogen-bond acceptors (Lipinski definition) is 7. The van der Waals surface area contributed by atoms with Gasteiger partial charge >= 0.3 is 0 Å². The van der Waals surface area contributed by atoms with Crippen LogP contribution in [0.25, 0.3) is 0 Å². The Bertz CT molecular complexity index is 1190. The predicted molar refractivity (Wildman–Crippen MR) is 121 cm³/mol. The number of rotatable bonds is 6. The maximum atomic E-state index is 12.6. The van der Waals surface area contributed by atoms with Crippen molar-refractivity contribution >= 4 is 39.7 Å². The van der Waals surface area contributed by atoms with Crippen molar-refractivity contribution in [1.29, 1.82) is 0 Å². The van der Waals surface area contributed by atoms with E-state index in [1.54, 1.807) is 11.8 Å². The quantitative estimate of drug-likeness (QED) is 0.445. The maximum absolute atomic E-state index is 12.6. The third-order valence-electron chi connectivity index (χ3n) is 5.46. The molecule has 0 aliphatic carbocycles. The van der Waals surface area contributed by atoms with Crippen LogP contribution < -0.4 is 10.2 Å². The minimum Gasteiger partial charge on any atom is -0.312 e. The zero-order valence-corrected chi connectivity index (χ0v) is 18.4. The fourth-order valence-corrected chi connectivity index (χ4v) is 4.43. The number of amides is 2. The van der Waals surface area contributed by atoms with E-state index in [1.165, 1.54) is 35.1 Å². The number of aryl methyl sites for hydroxylation is 2. The molecule has 0 radical (unpaired) electrons. The van der Waals surface area contributed by atoms with Crippen LogP contribution in [0.2, 0.25) is 0 Å². The Kier molecular flexibility index (Phi) is 5.95. The lowest BCUT2D eigenvalue weighted by atomic mass is 10.1. The first kappa shape index (κ1) is 21.6. The van der Waals surface area contributed by atoms with Crippen molar-refractivity contribution in [2.75, 3.05) is 16.8 Å². The molecule has 9 nitrogen and oxygen atoms in total. The normalized spacial score (nSPS) is 15.8. The van der Waals surface area contributed by atoms with Crippen LogP contribution in [0.5, 0.6) is 0 Å². The predicted octanol–water partition coefficient (Wildman–Crippen LogP) is 4.09. The Balaban J connectivity index is 1.45. The highest BCUT2D eigenvalue weighted by Gasteiger charge is 2.34. The van der Waals surface area contributed by atoms with Crippen LogP contribution in [0.1, 0.15) is 45.8 Å². The molecule has 2 amide bonds. The number of nitrogens with zero attached hydrogens (tertiary/aromatic N) is 4. The van der Waals surface area contributed by atoms with Crippen LogP contribution >= 0.6 is 11.3 Å². The first-order valence-electron chi connectivity index (χ1n) is 10.1. The van der Waals surface area contributed by atoms with E-state index >= 15 is 0 Å². The van der Waals surface area contributed by atoms with Gasteiger partial charge in [-0.1, -0.05) is 36.5 Å². The second-order valence-corrected chi connectivity index (χ2v) is 8.59. The molecule has 2 heterocycles. The molecular formula is C22H21N5O4S. The number of anilines is 2. The molecule has 1 saturated heterocycles. The zero-order chi connectivity index (χ0) is 22.8. The summed E-state index contributed by atoms with van der Waals surface area (Å²) < 4.78 is 0. The highest BCUT2D eigenvalue weighted by atomic mass is 32.1. The number of benzene rings is 2. The molecule has 32 heavy (non-hydrogen) atoms. The molecule has 3 aromatic rings. The SMILES string of the molecule is CCc1ccc(N2CC(c3nnc(NC(=O)c4ccc(C)c([N+](=O)[O-])c4)s3)CC2=O)cc1. The summed E-state index contributed by atoms with van der Waals surface area (Å²) in [4.78, 5) is 37.4. The molecule has 1 atom stereocenters. The summed E-state index contributed by atoms with van der Waals surface area (Å²) in [5.41, 5.74) is 2.59. The van der Waals surface area contributed by atoms with Gasteiger partial charge in [0.1, 0.15) is 5.01 Å². The van der Waals surface area contributed by atoms with Gasteiger partial charge in [0.05, 0.1) is 4.92 Å². The van der Waals surface area contributed by atoms with Gasteiger partial charge in [0.2, 0.25) is 11.0 Å². The molecule has 0 bridgehead atoms. The van der Waals surface area contributed by atoms with E-state index in [9.17, 15) is 19.7 Å². The third kappa shape index (κ3) is 4.35. The van der Waals surface area contributed by atoms with Gasteiger partial charge < -0.3 is 4.90 Å². The maximum Gasteiger partial charge on any atom is 0.273 e. The van der Waals surface area contributed by atoms with Gasteiger partial charge in [-0.05, 0) is 37.1 Å². The third-order valence-corrected chi connectivity index (χ3v) is 6.46. The minimum absolute atomic E-state index is 0.0204. The van der Waals surface area contributed by atoms with Gasteiger partial charge in [-0.15, -0.1) is 10.2 Å². The van der Waals surface area contributed by atoms with Gasteiger partial charge in [-0.2, -0.15) is 0 Å². The molecule has 10 heteroatoms. The molecule has 164 valence electrons. The molecular weight excluding hydrogens is 430 g/mol. The fourth-order valence-electron chi connectivity index (χ4n) is 3.60. The van der Waals surface area contributed by atoms with Crippen molar-refractivity contribution < 1.29 is 14.5 Å². The Hall–Kier alpha value is -3.66. The summed E-state index contributed by atoms with van der Waals surface area (Å²) >= 11 is 1.21. The van der Waals surface area contributed by atoms with Crippen molar-refractivity contribution in [2.45, 2.75) is 32.6 Å². The average molecular weight is 452 g/mol. The van der Waals surface area contributed by atoms with Crippen LogP contribution in [-0.2, 0) is 11.2 Å². The molecule has 1 unspecified atom stereocenters. The van der Waals surface area contributed by atoms with E-state index < -0.39 is 10.8 Å². The van der Waals surface area contributed by atoms with E-state index in [-0.39, 0.29) is 28.2 Å². The van der Waals surface area contributed by atoms with E-state index in [1.807, 2.05) is 24.3 Å². The first-order valence-corrected chi connectivity index (χ1v) is 11.0. The van der Waals surface area contributed by atoms with Crippen LogP contribution in [0.4, 0.5) is 16.5 Å². The summed E-state index contributed by atoms with van der Waals surface area (Å²) in [6, 6.07) is 12.2. The molecule has 1 aliphatic heterocycles. The lowest BCUT2D eigenvalue weighted by Gasteiger charge is -2.16. The van der Waals surface area contributed by atoms with Gasteiger partial charge in [0.15, 0.2) is 0 Å². The van der Waals surface area contributed by atoms with Crippen LogP contribution in [0, 0.1) is 17.0 Å². The summed E-state index contributed by atoms with van der Waals surface area (Å²) in [6.07, 6.45) is 1.26. The molecule has 1 N–H and O–H groups in total. The molecule has 1 fully saturated rings. The molecule has 0 saturated carbocycles. The zero-order valence-electron chi connectivity index (χ0n) is 17.6. The fraction of sp³-hybridized carbons (Fsp3) is 0.273. The monoisotopic (exact) mass is 451 g/mol. The molecule has 4 rings (SSSR count). The Morgan fingerprint density at radius 1 is 1.25 bits per heavy atom. The van der Waals surface area contributed by atoms with Crippen LogP contribution in [0.3, 0.4) is 0 Å². The van der Waals surface area contributed by atoms with E-state index in [4.69, 9.17) is 0 Å². The standard InChI is InChI=1S/C22H21N5O4S/c1-3-14-5-8-17(9-6-14)26-12-16(11-19(26)28)21-24-25-22(32-21)23-20(29)15-7-4-13(2)18(10-15)27(30)31/h4-10,16H,3,11-12H2,1-2H3,(H,23,25,29). The smallest absolute Gasteiger partial charge is 0.273 e. The summed E-state index contributed by atoms with van der Waals surface area (Å²) in [7, 11) is 0. The number of nitro benzene ring substituents is 1. The molecule has 0 spiro atoms. The van der Waals surface area contributed by atoms with E-state index in [0.29, 0.717) is 23.5 Å². The number of carbonyl (C=O) groups is 2. The number of aromatic nitrogens is 2. The number of carbonyl (C=O) groups excluding carboxylic acids is 2. The molecule has 2 aromatic carbocycles. The van der Waals surface area contributed by atoms with Crippen molar-refractivity contribution in [3.8, 4) is 0 Å². The summed E-state index contributed by atoms with van der Waals surface area (Å²) in [5, 5.41) is 22.9. The topological polar surface area (TPSA) is 118 Å². The highest BCUT2D eigenvalue weighted by molar-refractivity contribution is 7.15. The summed E-state index contributed by atoms with van der Waals surface area (Å²) in [5.74, 6) is -0.597. The lowest BCUT2D eigenvalue weighted by Crippen LogP contribution is -2.24. The Morgan fingerprint density at radius 2 is 2.00 bits per heavy atom. The van der Waals surface area contributed by atoms with Crippen molar-refractivity contribution in [1.82, 2.24) is 10.2 Å². The van der Waals surface area contributed by atoms with Crippen molar-refractivity contribution in [3.05, 3.63) is 74.3 Å². The number of nitrogens with one attached hydrogen (secondary N) is 1. The highest BCUT2D eigenvalue weighted by Crippen LogP contribution is 2.34. The van der Waals surface area contributed by atoms with Crippen molar-refractivity contribution in [3.63, 3.8) is 0 Å². The van der Waals surface area contributed by atoms with Gasteiger partial charge in [-0.3, -0.25) is 25.0 Å². The Labute approximate surface area is 188 Å². The second kappa shape index (κ2) is 8.83. The molecule has 1 aliphatic rings. The molecule has 1 aromatic heterocycles. The van der Waals surface area contributed by atoms with Crippen LogP contribution in [0.15, 0.2) is 42.5 Å².